The number of amides is 2. The molecule has 0 fully saturated rings. The summed E-state index contributed by atoms with van der Waals surface area (Å²) >= 11 is 0. The lowest BCUT2D eigenvalue weighted by Crippen LogP contribution is -2.53. The lowest BCUT2D eigenvalue weighted by Gasteiger charge is -2.34. The summed E-state index contributed by atoms with van der Waals surface area (Å²) in [5, 5.41) is 2.98. The number of hydrogen-bond donors (Lipinski definition) is 1. The van der Waals surface area contributed by atoms with Crippen LogP contribution in [0.1, 0.15) is 37.8 Å². The molecule has 2 amide bonds. The number of sulfonamides is 1. The number of hydrogen-bond acceptors (Lipinski definition) is 5. The van der Waals surface area contributed by atoms with Crippen LogP contribution in [-0.4, -0.2) is 50.9 Å². The van der Waals surface area contributed by atoms with E-state index in [2.05, 4.69) is 5.32 Å². The van der Waals surface area contributed by atoms with Gasteiger partial charge in [-0.1, -0.05) is 74.0 Å². The number of benzene rings is 4. The lowest BCUT2D eigenvalue weighted by atomic mass is 10.0. The highest BCUT2D eigenvalue weighted by atomic mass is 32.2. The number of rotatable bonds is 16. The van der Waals surface area contributed by atoms with Crippen molar-refractivity contribution in [3.8, 4) is 5.75 Å². The Morgan fingerprint density at radius 3 is 2.02 bits per heavy atom. The average molecular weight is 646 g/mol. The van der Waals surface area contributed by atoms with Crippen LogP contribution in [-0.2, 0) is 32.6 Å². The van der Waals surface area contributed by atoms with Crippen LogP contribution in [0, 0.1) is 5.82 Å². The predicted molar refractivity (Wildman–Crippen MR) is 177 cm³/mol. The van der Waals surface area contributed by atoms with Gasteiger partial charge in [0.2, 0.25) is 11.8 Å². The zero-order chi connectivity index (χ0) is 32.9. The molecule has 0 saturated carbocycles. The molecule has 1 N–H and O–H groups in total. The monoisotopic (exact) mass is 645 g/mol. The summed E-state index contributed by atoms with van der Waals surface area (Å²) in [4.78, 5) is 29.5. The van der Waals surface area contributed by atoms with Crippen LogP contribution in [0.5, 0.6) is 5.75 Å². The van der Waals surface area contributed by atoms with Gasteiger partial charge in [0.1, 0.15) is 24.2 Å². The maximum absolute atomic E-state index is 14.5. The molecule has 4 aromatic carbocycles. The van der Waals surface area contributed by atoms with Crippen molar-refractivity contribution in [1.29, 1.82) is 0 Å². The maximum Gasteiger partial charge on any atom is 0.264 e. The van der Waals surface area contributed by atoms with Crippen LogP contribution in [0.2, 0.25) is 0 Å². The summed E-state index contributed by atoms with van der Waals surface area (Å²) in [7, 11) is -4.34. The van der Waals surface area contributed by atoms with Crippen molar-refractivity contribution in [1.82, 2.24) is 10.2 Å². The summed E-state index contributed by atoms with van der Waals surface area (Å²) in [5.41, 5.74) is 1.85. The van der Waals surface area contributed by atoms with Crippen LogP contribution in [0.15, 0.2) is 114 Å². The largest absolute Gasteiger partial charge is 0.494 e. The minimum absolute atomic E-state index is 0.0755. The first kappa shape index (κ1) is 34.2. The van der Waals surface area contributed by atoms with E-state index >= 15 is 0 Å². The van der Waals surface area contributed by atoms with Gasteiger partial charge in [0, 0.05) is 19.5 Å². The minimum Gasteiger partial charge on any atom is -0.494 e. The van der Waals surface area contributed by atoms with Gasteiger partial charge in [0.25, 0.3) is 10.0 Å². The van der Waals surface area contributed by atoms with E-state index in [-0.39, 0.29) is 29.5 Å². The fraction of sp³-hybridized carbons (Fsp3) is 0.278. The molecule has 4 rings (SSSR count). The molecule has 0 heterocycles. The van der Waals surface area contributed by atoms with Gasteiger partial charge in [0.05, 0.1) is 17.2 Å². The Balaban J connectivity index is 1.77. The zero-order valence-corrected chi connectivity index (χ0v) is 27.0. The average Bonchev–Trinajstić information content (AvgIpc) is 3.07. The van der Waals surface area contributed by atoms with Crippen molar-refractivity contribution in [2.24, 2.45) is 0 Å². The maximum atomic E-state index is 14.5. The van der Waals surface area contributed by atoms with Gasteiger partial charge in [-0.3, -0.25) is 13.9 Å². The normalized spacial score (nSPS) is 11.8. The molecule has 0 aliphatic carbocycles. The third-order valence-corrected chi connectivity index (χ3v) is 9.20. The second-order valence-corrected chi connectivity index (χ2v) is 12.6. The quantitative estimate of drug-likeness (QED) is 0.151. The molecule has 0 aromatic heterocycles. The molecule has 0 aliphatic heterocycles. The first-order valence-corrected chi connectivity index (χ1v) is 16.8. The molecule has 1 atom stereocenters. The third-order valence-electron chi connectivity index (χ3n) is 7.41. The number of nitrogens with zero attached hydrogens (tertiary/aromatic N) is 2. The van der Waals surface area contributed by atoms with E-state index in [1.807, 2.05) is 74.5 Å². The second-order valence-electron chi connectivity index (χ2n) is 10.7. The Morgan fingerprint density at radius 2 is 1.43 bits per heavy atom. The highest BCUT2D eigenvalue weighted by Crippen LogP contribution is 2.27. The van der Waals surface area contributed by atoms with E-state index in [0.29, 0.717) is 18.9 Å². The Bertz CT molecular complexity index is 1650. The van der Waals surface area contributed by atoms with E-state index in [9.17, 15) is 22.4 Å². The highest BCUT2D eigenvalue weighted by Gasteiger charge is 2.34. The van der Waals surface area contributed by atoms with Crippen LogP contribution < -0.4 is 14.4 Å². The lowest BCUT2D eigenvalue weighted by molar-refractivity contribution is -0.140. The number of nitrogens with one attached hydrogen (secondary N) is 1. The zero-order valence-electron chi connectivity index (χ0n) is 26.1. The van der Waals surface area contributed by atoms with Crippen molar-refractivity contribution >= 4 is 27.5 Å². The third kappa shape index (κ3) is 9.17. The minimum atomic E-state index is -4.34. The summed E-state index contributed by atoms with van der Waals surface area (Å²) in [6, 6.07) is 28.5. The molecule has 0 radical (unpaired) electrons. The van der Waals surface area contributed by atoms with E-state index in [1.54, 1.807) is 24.3 Å². The van der Waals surface area contributed by atoms with E-state index in [1.165, 1.54) is 4.90 Å². The molecule has 10 heteroatoms. The molecule has 0 spiro atoms. The molecule has 0 bridgehead atoms. The van der Waals surface area contributed by atoms with Gasteiger partial charge in [0.15, 0.2) is 0 Å². The molecule has 4 aromatic rings. The van der Waals surface area contributed by atoms with Gasteiger partial charge >= 0.3 is 0 Å². The fourth-order valence-corrected chi connectivity index (χ4v) is 6.39. The summed E-state index contributed by atoms with van der Waals surface area (Å²) in [5.74, 6) is -0.950. The SMILES string of the molecule is CCCCNC(=O)[C@@H](Cc1ccccc1)N(Cc1ccccc1)C(=O)CN(c1ccc(OCC)cc1)S(=O)(=O)c1ccc(F)cc1. The number of carbonyl (C=O) groups is 2. The Morgan fingerprint density at radius 1 is 0.826 bits per heavy atom. The van der Waals surface area contributed by atoms with Crippen LogP contribution in [0.25, 0.3) is 0 Å². The van der Waals surface area contributed by atoms with Crippen LogP contribution in [0.3, 0.4) is 0 Å². The number of halogens is 1. The number of unbranched alkanes of at least 4 members (excludes halogenated alkanes) is 1. The smallest absolute Gasteiger partial charge is 0.264 e. The number of ether oxygens (including phenoxy) is 1. The van der Waals surface area contributed by atoms with Crippen molar-refractivity contribution in [3.63, 3.8) is 0 Å². The van der Waals surface area contributed by atoms with Crippen molar-refractivity contribution in [3.05, 3.63) is 126 Å². The van der Waals surface area contributed by atoms with E-state index < -0.39 is 34.3 Å². The van der Waals surface area contributed by atoms with Gasteiger partial charge in [-0.15, -0.1) is 0 Å². The first-order valence-electron chi connectivity index (χ1n) is 15.4. The van der Waals surface area contributed by atoms with Crippen LogP contribution >= 0.6 is 0 Å². The Kier molecular flexibility index (Phi) is 12.3. The predicted octanol–water partition coefficient (Wildman–Crippen LogP) is 5.98. The summed E-state index contributed by atoms with van der Waals surface area (Å²) < 4.78 is 48.4. The molecule has 8 nitrogen and oxygen atoms in total. The van der Waals surface area contributed by atoms with E-state index in [4.69, 9.17) is 4.74 Å². The number of carbonyl (C=O) groups excluding carboxylic acids is 2. The van der Waals surface area contributed by atoms with Crippen LogP contribution in [0.4, 0.5) is 10.1 Å². The number of anilines is 1. The van der Waals surface area contributed by atoms with E-state index in [0.717, 1.165) is 52.5 Å². The van der Waals surface area contributed by atoms with Crippen molar-refractivity contribution in [2.45, 2.75) is 50.6 Å². The Labute approximate surface area is 270 Å². The summed E-state index contributed by atoms with van der Waals surface area (Å²) in [6.45, 7) is 4.21. The second kappa shape index (κ2) is 16.6. The molecular formula is C36H40FN3O5S. The molecule has 0 saturated heterocycles. The van der Waals surface area contributed by atoms with Gasteiger partial charge < -0.3 is 15.0 Å². The molecule has 0 unspecified atom stereocenters. The molecular weight excluding hydrogens is 605 g/mol. The van der Waals surface area contributed by atoms with Crippen molar-refractivity contribution in [2.75, 3.05) is 24.0 Å². The molecule has 0 aliphatic rings. The molecule has 242 valence electrons. The Hall–Kier alpha value is -4.70. The first-order chi connectivity index (χ1) is 22.2. The van der Waals surface area contributed by atoms with Gasteiger partial charge in [-0.25, -0.2) is 12.8 Å². The summed E-state index contributed by atoms with van der Waals surface area (Å²) in [6.07, 6.45) is 1.89. The van der Waals surface area contributed by atoms with Gasteiger partial charge in [-0.2, -0.15) is 0 Å². The highest BCUT2D eigenvalue weighted by molar-refractivity contribution is 7.92. The fourth-order valence-electron chi connectivity index (χ4n) is 4.98. The molecule has 46 heavy (non-hydrogen) atoms. The topological polar surface area (TPSA) is 96.0 Å². The van der Waals surface area contributed by atoms with Crippen molar-refractivity contribution < 1.29 is 27.1 Å². The standard InChI is InChI=1S/C36H40FN3O5S/c1-3-5-24-38-36(42)34(25-28-12-8-6-9-13-28)39(26-29-14-10-7-11-15-29)35(41)27-40(31-18-20-32(21-19-31)45-4-2)46(43,44)33-22-16-30(37)17-23-33/h6-23,34H,3-5,24-27H2,1-2H3,(H,38,42)/t34-/m1/s1. The van der Waals surface area contributed by atoms with Gasteiger partial charge in [-0.05, 0) is 73.0 Å².